The van der Waals surface area contributed by atoms with Gasteiger partial charge in [-0.25, -0.2) is 14.5 Å². The lowest BCUT2D eigenvalue weighted by Gasteiger charge is -2.42. The number of pyridine rings is 1. The molecule has 1 atom stereocenters. The first-order valence-corrected chi connectivity index (χ1v) is 21.8. The molecule has 2 amide bonds. The van der Waals surface area contributed by atoms with Crippen molar-refractivity contribution in [1.82, 2.24) is 20.1 Å². The van der Waals surface area contributed by atoms with Crippen LogP contribution in [0.3, 0.4) is 0 Å². The fraction of sp³-hybridized carbons (Fsp3) is 0.722. The van der Waals surface area contributed by atoms with Crippen molar-refractivity contribution < 1.29 is 19.1 Å². The van der Waals surface area contributed by atoms with Gasteiger partial charge in [0.2, 0.25) is 5.91 Å². The molecule has 2 N–H and O–H groups in total. The van der Waals surface area contributed by atoms with Crippen LogP contribution in [0.4, 0.5) is 10.6 Å². The van der Waals surface area contributed by atoms with Gasteiger partial charge in [-0.05, 0) is 70.5 Å². The molecule has 9 nitrogen and oxygen atoms in total. The highest BCUT2D eigenvalue weighted by molar-refractivity contribution is 6.76. The summed E-state index contributed by atoms with van der Waals surface area (Å²) in [5, 5.41) is 11.0. The number of nitrogens with zero attached hydrogens (tertiary/aromatic N) is 3. The van der Waals surface area contributed by atoms with Crippen molar-refractivity contribution in [3.63, 3.8) is 0 Å². The Morgan fingerprint density at radius 3 is 2.13 bits per heavy atom. The number of anilines is 1. The predicted octanol–water partition coefficient (Wildman–Crippen LogP) is 9.14. The number of hydrogen-bond acceptors (Lipinski definition) is 6. The maximum atomic E-state index is 14.2. The zero-order valence-electron chi connectivity index (χ0n) is 30.0. The predicted molar refractivity (Wildman–Crippen MR) is 192 cm³/mol. The van der Waals surface area contributed by atoms with Crippen LogP contribution in [0.5, 0.6) is 0 Å². The van der Waals surface area contributed by atoms with Crippen LogP contribution in [-0.2, 0) is 21.0 Å². The van der Waals surface area contributed by atoms with Gasteiger partial charge >= 0.3 is 6.09 Å². The summed E-state index contributed by atoms with van der Waals surface area (Å²) in [5.41, 5.74) is 2.76. The minimum absolute atomic E-state index is 0.0296. The number of aryl methyl sites for hydroxylation is 1. The molecule has 2 aromatic heterocycles. The number of alkyl carbamates (subject to hydrolysis) is 1. The van der Waals surface area contributed by atoms with Crippen molar-refractivity contribution in [2.24, 2.45) is 17.8 Å². The monoisotopic (exact) mass is 687 g/mol. The molecule has 2 heterocycles. The van der Waals surface area contributed by atoms with Crippen molar-refractivity contribution in [3.05, 3.63) is 28.7 Å². The van der Waals surface area contributed by atoms with E-state index >= 15 is 0 Å². The average molecular weight is 688 g/mol. The van der Waals surface area contributed by atoms with Gasteiger partial charge in [-0.15, -0.1) is 0 Å². The van der Waals surface area contributed by atoms with Crippen LogP contribution in [-0.4, -0.2) is 53.1 Å². The third-order valence-corrected chi connectivity index (χ3v) is 11.7. The molecule has 2 saturated carbocycles. The molecule has 0 aliphatic heterocycles. The van der Waals surface area contributed by atoms with Gasteiger partial charge in [0.15, 0.2) is 0 Å². The molecule has 47 heavy (non-hydrogen) atoms. The quantitative estimate of drug-likeness (QED) is 0.131. The molecule has 0 saturated heterocycles. The second-order valence-electron chi connectivity index (χ2n) is 15.9. The van der Waals surface area contributed by atoms with E-state index in [0.29, 0.717) is 31.0 Å². The SMILES string of the molecule is Cc1nn(COCC[Si](C)(C)C)c(C)c1-c1ccc(NC(=O)[C@@H](NC(=O)OC(C)(C)C)C(C2CCCCC2)C2CCCCC2)nc1Cl. The lowest BCUT2D eigenvalue weighted by Crippen LogP contribution is -2.54. The Balaban J connectivity index is 1.56. The van der Waals surface area contributed by atoms with Crippen molar-refractivity contribution in [3.8, 4) is 11.1 Å². The first-order chi connectivity index (χ1) is 22.1. The highest BCUT2D eigenvalue weighted by atomic mass is 35.5. The Kier molecular flexibility index (Phi) is 13.0. The van der Waals surface area contributed by atoms with E-state index in [2.05, 4.69) is 35.3 Å². The zero-order chi connectivity index (χ0) is 34.4. The Bertz CT molecular complexity index is 1340. The molecule has 0 bridgehead atoms. The molecule has 0 radical (unpaired) electrons. The van der Waals surface area contributed by atoms with Gasteiger partial charge in [0.1, 0.15) is 29.3 Å². The smallest absolute Gasteiger partial charge is 0.408 e. The number of hydrogen-bond donors (Lipinski definition) is 2. The molecule has 2 aliphatic rings. The molecular weight excluding hydrogens is 630 g/mol. The second kappa shape index (κ2) is 16.3. The van der Waals surface area contributed by atoms with Crippen molar-refractivity contribution in [2.75, 3.05) is 11.9 Å². The molecule has 0 aromatic carbocycles. The van der Waals surface area contributed by atoms with Gasteiger partial charge in [-0.3, -0.25) is 4.79 Å². The summed E-state index contributed by atoms with van der Waals surface area (Å²) in [7, 11) is -1.18. The molecule has 2 aliphatic carbocycles. The molecule has 11 heteroatoms. The maximum Gasteiger partial charge on any atom is 0.408 e. The van der Waals surface area contributed by atoms with Crippen molar-refractivity contribution in [2.45, 2.75) is 143 Å². The number of ether oxygens (including phenoxy) is 2. The van der Waals surface area contributed by atoms with Crippen LogP contribution in [0.15, 0.2) is 12.1 Å². The largest absolute Gasteiger partial charge is 0.444 e. The van der Waals surface area contributed by atoms with Crippen LogP contribution in [0.25, 0.3) is 11.1 Å². The Labute approximate surface area is 288 Å². The highest BCUT2D eigenvalue weighted by Gasteiger charge is 2.42. The Hall–Kier alpha value is -2.43. The summed E-state index contributed by atoms with van der Waals surface area (Å²) in [4.78, 5) is 32.0. The molecule has 4 rings (SSSR count). The van der Waals surface area contributed by atoms with Gasteiger partial charge in [-0.1, -0.05) is 95.5 Å². The fourth-order valence-electron chi connectivity index (χ4n) is 7.37. The van der Waals surface area contributed by atoms with E-state index < -0.39 is 25.8 Å². The number of aromatic nitrogens is 3. The minimum Gasteiger partial charge on any atom is -0.444 e. The van der Waals surface area contributed by atoms with Crippen LogP contribution < -0.4 is 10.6 Å². The lowest BCUT2D eigenvalue weighted by molar-refractivity contribution is -0.121. The molecule has 2 aromatic rings. The van der Waals surface area contributed by atoms with E-state index in [1.165, 1.54) is 12.8 Å². The molecular formula is C36H58ClN5O4Si. The van der Waals surface area contributed by atoms with E-state index in [4.69, 9.17) is 26.2 Å². The number of carbonyl (C=O) groups is 2. The Morgan fingerprint density at radius 1 is 1.00 bits per heavy atom. The van der Waals surface area contributed by atoms with E-state index in [9.17, 15) is 9.59 Å². The lowest BCUT2D eigenvalue weighted by atomic mass is 9.66. The number of rotatable bonds is 12. The zero-order valence-corrected chi connectivity index (χ0v) is 31.8. The fourth-order valence-corrected chi connectivity index (χ4v) is 8.38. The normalized spacial score (nSPS) is 17.5. The number of carbonyl (C=O) groups excluding carboxylic acids is 2. The van der Waals surface area contributed by atoms with Crippen LogP contribution in [0, 0.1) is 31.6 Å². The third kappa shape index (κ3) is 10.8. The minimum atomic E-state index is -1.18. The summed E-state index contributed by atoms with van der Waals surface area (Å²) < 4.78 is 13.5. The van der Waals surface area contributed by atoms with Gasteiger partial charge in [0.05, 0.1) is 5.69 Å². The number of nitrogens with one attached hydrogen (secondary N) is 2. The summed E-state index contributed by atoms with van der Waals surface area (Å²) in [6, 6.07) is 4.02. The highest BCUT2D eigenvalue weighted by Crippen LogP contribution is 2.42. The van der Waals surface area contributed by atoms with E-state index in [1.807, 2.05) is 45.4 Å². The van der Waals surface area contributed by atoms with Gasteiger partial charge in [0, 0.05) is 31.5 Å². The molecule has 0 unspecified atom stereocenters. The van der Waals surface area contributed by atoms with E-state index in [0.717, 1.165) is 79.9 Å². The van der Waals surface area contributed by atoms with Gasteiger partial charge in [0.25, 0.3) is 0 Å². The summed E-state index contributed by atoms with van der Waals surface area (Å²) >= 11 is 6.80. The molecule has 262 valence electrons. The molecule has 2 fully saturated rings. The molecule has 0 spiro atoms. The summed E-state index contributed by atoms with van der Waals surface area (Å²) in [5.74, 6) is 0.853. The van der Waals surface area contributed by atoms with Crippen LogP contribution in [0.1, 0.15) is 96.4 Å². The standard InChI is InChI=1S/C36H58ClN5O4Si/c1-24-30(25(2)42(41-24)23-45-21-22-47(6,7)8)28-19-20-29(38-33(28)37)39-34(43)32(40-35(44)46-36(3,4)5)31(26-15-11-9-12-16-26)27-17-13-10-14-18-27/h19-20,26-27,31-32H,9-18,21-23H2,1-8H3,(H,40,44)(H,38,39,43)/t32-/m0/s1. The van der Waals surface area contributed by atoms with Crippen LogP contribution >= 0.6 is 11.6 Å². The summed E-state index contributed by atoms with van der Waals surface area (Å²) in [6.07, 6.45) is 10.8. The van der Waals surface area contributed by atoms with Crippen molar-refractivity contribution >= 4 is 37.5 Å². The summed E-state index contributed by atoms with van der Waals surface area (Å²) in [6.45, 7) is 17.6. The second-order valence-corrected chi connectivity index (χ2v) is 21.9. The van der Waals surface area contributed by atoms with E-state index in [1.54, 1.807) is 6.07 Å². The number of amides is 2. The first kappa shape index (κ1) is 37.4. The Morgan fingerprint density at radius 2 is 1.60 bits per heavy atom. The maximum absolute atomic E-state index is 14.2. The van der Waals surface area contributed by atoms with Crippen molar-refractivity contribution in [1.29, 1.82) is 0 Å². The third-order valence-electron chi connectivity index (χ3n) is 9.69. The average Bonchev–Trinajstić information content (AvgIpc) is 3.27. The van der Waals surface area contributed by atoms with Gasteiger partial charge in [-0.2, -0.15) is 5.10 Å². The van der Waals surface area contributed by atoms with E-state index in [-0.39, 0.29) is 17.0 Å². The number of halogens is 1. The van der Waals surface area contributed by atoms with Gasteiger partial charge < -0.3 is 20.1 Å². The van der Waals surface area contributed by atoms with Crippen LogP contribution in [0.2, 0.25) is 30.8 Å². The first-order valence-electron chi connectivity index (χ1n) is 17.7. The topological polar surface area (TPSA) is 107 Å².